The number of benzene rings is 2. The first-order chi connectivity index (χ1) is 13.1. The zero-order chi connectivity index (χ0) is 18.8. The van der Waals surface area contributed by atoms with Crippen LogP contribution >= 0.6 is 0 Å². The van der Waals surface area contributed by atoms with Crippen molar-refractivity contribution in [1.82, 2.24) is 15.0 Å². The van der Waals surface area contributed by atoms with E-state index in [1.165, 1.54) is 5.56 Å². The smallest absolute Gasteiger partial charge is 0.257 e. The van der Waals surface area contributed by atoms with E-state index in [1.54, 1.807) is 0 Å². The first kappa shape index (κ1) is 17.5. The van der Waals surface area contributed by atoms with Crippen molar-refractivity contribution in [2.24, 2.45) is 0 Å². The molecule has 1 saturated heterocycles. The second-order valence-corrected chi connectivity index (χ2v) is 7.34. The summed E-state index contributed by atoms with van der Waals surface area (Å²) in [6.45, 7) is 5.53. The molecule has 2 heterocycles. The summed E-state index contributed by atoms with van der Waals surface area (Å²) in [7, 11) is 0. The van der Waals surface area contributed by atoms with Gasteiger partial charge in [-0.3, -0.25) is 4.79 Å². The minimum absolute atomic E-state index is 0.0113. The highest BCUT2D eigenvalue weighted by Gasteiger charge is 2.34. The van der Waals surface area contributed by atoms with E-state index in [0.29, 0.717) is 37.1 Å². The monoisotopic (exact) mass is 361 g/mol. The quantitative estimate of drug-likeness (QED) is 0.684. The fourth-order valence-electron chi connectivity index (χ4n) is 3.64. The fourth-order valence-corrected chi connectivity index (χ4v) is 3.64. The number of nitrogens with zero attached hydrogens (tertiary/aromatic N) is 3. The molecule has 2 atom stereocenters. The van der Waals surface area contributed by atoms with E-state index in [0.717, 1.165) is 11.1 Å². The summed E-state index contributed by atoms with van der Waals surface area (Å²) in [5, 5.41) is 4.15. The Morgan fingerprint density at radius 2 is 2.00 bits per heavy atom. The van der Waals surface area contributed by atoms with E-state index in [1.807, 2.05) is 54.3 Å². The zero-order valence-corrected chi connectivity index (χ0v) is 15.6. The van der Waals surface area contributed by atoms with Crippen LogP contribution in [0.15, 0.2) is 59.1 Å². The van der Waals surface area contributed by atoms with Gasteiger partial charge in [0.2, 0.25) is 5.91 Å². The van der Waals surface area contributed by atoms with Crippen LogP contribution in [0.5, 0.6) is 0 Å². The maximum absolute atomic E-state index is 12.5. The minimum atomic E-state index is -0.0113. The Bertz CT molecular complexity index is 935. The lowest BCUT2D eigenvalue weighted by molar-refractivity contribution is -0.127. The summed E-state index contributed by atoms with van der Waals surface area (Å²) in [6, 6.07) is 18.3. The van der Waals surface area contributed by atoms with Gasteiger partial charge >= 0.3 is 0 Å². The number of likely N-dealkylation sites (tertiary alicyclic amines) is 1. The Labute approximate surface area is 159 Å². The van der Waals surface area contributed by atoms with E-state index < -0.39 is 0 Å². The van der Waals surface area contributed by atoms with Crippen molar-refractivity contribution in [1.29, 1.82) is 0 Å². The lowest BCUT2D eigenvalue weighted by Gasteiger charge is -2.21. The highest BCUT2D eigenvalue weighted by atomic mass is 16.5. The summed E-state index contributed by atoms with van der Waals surface area (Å²) in [5.74, 6) is 1.57. The van der Waals surface area contributed by atoms with Gasteiger partial charge in [0.1, 0.15) is 0 Å². The molecule has 0 radical (unpaired) electrons. The standard InChI is InChI=1S/C22H23N3O2/c1-15-7-6-10-18(11-15)22-23-21(24-27-22)19-12-20(26)25(14-19)13-16(2)17-8-4-3-5-9-17/h3-11,16,19H,12-14H2,1-2H3. The average Bonchev–Trinajstić information content (AvgIpc) is 3.30. The molecule has 0 spiro atoms. The molecule has 4 rings (SSSR count). The van der Waals surface area contributed by atoms with Crippen LogP contribution in [0.4, 0.5) is 0 Å². The van der Waals surface area contributed by atoms with E-state index >= 15 is 0 Å². The number of carbonyl (C=O) groups is 1. The van der Waals surface area contributed by atoms with Crippen molar-refractivity contribution < 1.29 is 9.32 Å². The van der Waals surface area contributed by atoms with Crippen molar-refractivity contribution in [2.75, 3.05) is 13.1 Å². The topological polar surface area (TPSA) is 59.2 Å². The number of aryl methyl sites for hydroxylation is 1. The van der Waals surface area contributed by atoms with Crippen LogP contribution in [0.25, 0.3) is 11.5 Å². The number of amides is 1. The molecule has 27 heavy (non-hydrogen) atoms. The molecular weight excluding hydrogens is 338 g/mol. The third kappa shape index (κ3) is 3.77. The lowest BCUT2D eigenvalue weighted by Crippen LogP contribution is -2.29. The number of hydrogen-bond acceptors (Lipinski definition) is 4. The van der Waals surface area contributed by atoms with Crippen LogP contribution in [0.2, 0.25) is 0 Å². The molecule has 1 fully saturated rings. The van der Waals surface area contributed by atoms with E-state index in [9.17, 15) is 4.79 Å². The van der Waals surface area contributed by atoms with Crippen molar-refractivity contribution >= 4 is 5.91 Å². The molecule has 1 aliphatic heterocycles. The Balaban J connectivity index is 1.45. The maximum Gasteiger partial charge on any atom is 0.257 e. The van der Waals surface area contributed by atoms with Crippen LogP contribution in [-0.4, -0.2) is 34.0 Å². The van der Waals surface area contributed by atoms with Gasteiger partial charge in [0.05, 0.1) is 0 Å². The summed E-state index contributed by atoms with van der Waals surface area (Å²) in [4.78, 5) is 19.0. The highest BCUT2D eigenvalue weighted by Crippen LogP contribution is 2.30. The van der Waals surface area contributed by atoms with Gasteiger partial charge in [-0.2, -0.15) is 4.98 Å². The number of carbonyl (C=O) groups excluding carboxylic acids is 1. The van der Waals surface area contributed by atoms with Gasteiger partial charge in [-0.15, -0.1) is 0 Å². The lowest BCUT2D eigenvalue weighted by atomic mass is 10.0. The van der Waals surface area contributed by atoms with Gasteiger partial charge in [0.15, 0.2) is 5.82 Å². The van der Waals surface area contributed by atoms with Gasteiger partial charge in [0, 0.05) is 31.0 Å². The average molecular weight is 361 g/mol. The molecule has 0 N–H and O–H groups in total. The number of hydrogen-bond donors (Lipinski definition) is 0. The highest BCUT2D eigenvalue weighted by molar-refractivity contribution is 5.79. The van der Waals surface area contributed by atoms with E-state index in [4.69, 9.17) is 4.52 Å². The second-order valence-electron chi connectivity index (χ2n) is 7.34. The SMILES string of the molecule is Cc1cccc(-c2nc(C3CC(=O)N(CC(C)c4ccccc4)C3)no2)c1. The predicted molar refractivity (Wildman–Crippen MR) is 103 cm³/mol. The van der Waals surface area contributed by atoms with Gasteiger partial charge in [-0.25, -0.2) is 0 Å². The Morgan fingerprint density at radius 1 is 1.19 bits per heavy atom. The van der Waals surface area contributed by atoms with Crippen molar-refractivity contribution in [3.63, 3.8) is 0 Å². The molecule has 0 aliphatic carbocycles. The van der Waals surface area contributed by atoms with E-state index in [2.05, 4.69) is 29.2 Å². The van der Waals surface area contributed by atoms with Crippen molar-refractivity contribution in [2.45, 2.75) is 32.1 Å². The first-order valence-corrected chi connectivity index (χ1v) is 9.33. The van der Waals surface area contributed by atoms with Crippen LogP contribution in [0.1, 0.15) is 42.1 Å². The maximum atomic E-state index is 12.5. The van der Waals surface area contributed by atoms with Crippen molar-refractivity contribution in [3.05, 3.63) is 71.5 Å². The molecule has 1 aliphatic rings. The summed E-state index contributed by atoms with van der Waals surface area (Å²) < 4.78 is 5.45. The zero-order valence-electron chi connectivity index (χ0n) is 15.6. The van der Waals surface area contributed by atoms with E-state index in [-0.39, 0.29) is 11.8 Å². The molecule has 138 valence electrons. The number of rotatable bonds is 5. The minimum Gasteiger partial charge on any atom is -0.341 e. The third-order valence-electron chi connectivity index (χ3n) is 5.15. The molecule has 5 nitrogen and oxygen atoms in total. The van der Waals surface area contributed by atoms with Gasteiger partial charge in [0.25, 0.3) is 5.89 Å². The molecule has 1 amide bonds. The summed E-state index contributed by atoms with van der Waals surface area (Å²) in [6.07, 6.45) is 0.439. The predicted octanol–water partition coefficient (Wildman–Crippen LogP) is 4.16. The molecule has 2 unspecified atom stereocenters. The number of aromatic nitrogens is 2. The fraction of sp³-hybridized carbons (Fsp3) is 0.318. The molecule has 0 saturated carbocycles. The third-order valence-corrected chi connectivity index (χ3v) is 5.15. The Hall–Kier alpha value is -2.95. The van der Waals surface area contributed by atoms with Gasteiger partial charge < -0.3 is 9.42 Å². The van der Waals surface area contributed by atoms with Crippen LogP contribution < -0.4 is 0 Å². The summed E-state index contributed by atoms with van der Waals surface area (Å²) in [5.41, 5.74) is 3.30. The molecule has 1 aromatic heterocycles. The van der Waals surface area contributed by atoms with Crippen LogP contribution in [0, 0.1) is 6.92 Å². The Kier molecular flexibility index (Phi) is 4.75. The molecular formula is C22H23N3O2. The normalized spacial score (nSPS) is 18.1. The second kappa shape index (κ2) is 7.35. The Morgan fingerprint density at radius 3 is 2.78 bits per heavy atom. The molecule has 0 bridgehead atoms. The van der Waals surface area contributed by atoms with Crippen LogP contribution in [0.3, 0.4) is 0 Å². The molecule has 3 aromatic rings. The van der Waals surface area contributed by atoms with Gasteiger partial charge in [-0.05, 0) is 30.5 Å². The summed E-state index contributed by atoms with van der Waals surface area (Å²) >= 11 is 0. The largest absolute Gasteiger partial charge is 0.341 e. The molecule has 5 heteroatoms. The van der Waals surface area contributed by atoms with Crippen molar-refractivity contribution in [3.8, 4) is 11.5 Å². The van der Waals surface area contributed by atoms with Gasteiger partial charge in [-0.1, -0.05) is 60.1 Å². The molecule has 2 aromatic carbocycles. The van der Waals surface area contributed by atoms with Crippen LogP contribution in [-0.2, 0) is 4.79 Å². The first-order valence-electron chi connectivity index (χ1n) is 9.33.